The van der Waals surface area contributed by atoms with Crippen molar-refractivity contribution in [2.75, 3.05) is 7.05 Å². The molecule has 0 fully saturated rings. The van der Waals surface area contributed by atoms with E-state index in [2.05, 4.69) is 5.10 Å². The van der Waals surface area contributed by atoms with E-state index < -0.39 is 16.0 Å². The third kappa shape index (κ3) is 5.40. The summed E-state index contributed by atoms with van der Waals surface area (Å²) in [5.74, 6) is -1.06. The molecule has 0 aliphatic heterocycles. The van der Waals surface area contributed by atoms with Crippen LogP contribution in [0, 0.1) is 0 Å². The van der Waals surface area contributed by atoms with Gasteiger partial charge in [-0.3, -0.25) is 4.68 Å². The molecular weight excluding hydrogens is 390 g/mol. The minimum absolute atomic E-state index is 0.143. The fourth-order valence-electron chi connectivity index (χ4n) is 2.79. The van der Waals surface area contributed by atoms with E-state index in [1.165, 1.54) is 29.6 Å². The minimum atomic E-state index is -3.68. The Morgan fingerprint density at radius 3 is 2.45 bits per heavy atom. The quantitative estimate of drug-likeness (QED) is 0.576. The van der Waals surface area contributed by atoms with Crippen LogP contribution in [0.25, 0.3) is 6.08 Å². The first-order valence-corrected chi connectivity index (χ1v) is 10.3. The second kappa shape index (κ2) is 8.85. The fourth-order valence-corrected chi connectivity index (χ4v) is 3.94. The molecule has 0 aliphatic carbocycles. The molecule has 0 aliphatic rings. The summed E-state index contributed by atoms with van der Waals surface area (Å²) in [6.07, 6.45) is 5.90. The maximum absolute atomic E-state index is 12.8. The summed E-state index contributed by atoms with van der Waals surface area (Å²) >= 11 is 0. The molecule has 0 amide bonds. The van der Waals surface area contributed by atoms with Gasteiger partial charge in [-0.1, -0.05) is 42.5 Å². The first-order chi connectivity index (χ1) is 13.8. The van der Waals surface area contributed by atoms with E-state index in [0.29, 0.717) is 12.1 Å². The first-order valence-electron chi connectivity index (χ1n) is 8.87. The van der Waals surface area contributed by atoms with E-state index in [9.17, 15) is 13.2 Å². The Labute approximate surface area is 169 Å². The summed E-state index contributed by atoms with van der Waals surface area (Å²) in [5.41, 5.74) is 2.50. The Balaban J connectivity index is 1.68. The zero-order valence-corrected chi connectivity index (χ0v) is 16.7. The van der Waals surface area contributed by atoms with Crippen molar-refractivity contribution in [2.45, 2.75) is 18.0 Å². The Morgan fingerprint density at radius 1 is 1.10 bits per heavy atom. The molecule has 0 unspecified atom stereocenters. The summed E-state index contributed by atoms with van der Waals surface area (Å²) < 4.78 is 28.6. The number of carbonyl (C=O) groups is 1. The normalized spacial score (nSPS) is 11.9. The number of aliphatic carboxylic acids is 1. The molecule has 8 heteroatoms. The lowest BCUT2D eigenvalue weighted by Crippen LogP contribution is -2.26. The smallest absolute Gasteiger partial charge is 0.328 e. The predicted octanol–water partition coefficient (Wildman–Crippen LogP) is 2.85. The molecule has 0 bridgehead atoms. The SMILES string of the molecule is CN(Cc1cnn(Cc2ccccc2)c1)S(=O)(=O)c1ccc(/C=C/C(=O)O)cc1. The number of rotatable bonds is 8. The van der Waals surface area contributed by atoms with E-state index >= 15 is 0 Å². The summed E-state index contributed by atoms with van der Waals surface area (Å²) in [7, 11) is -2.16. The maximum Gasteiger partial charge on any atom is 0.328 e. The van der Waals surface area contributed by atoms with Crippen LogP contribution in [0.4, 0.5) is 0 Å². The number of aromatic nitrogens is 2. The highest BCUT2D eigenvalue weighted by Crippen LogP contribution is 2.18. The van der Waals surface area contributed by atoms with Gasteiger partial charge in [0.2, 0.25) is 10.0 Å². The molecule has 1 N–H and O–H groups in total. The molecular formula is C21H21N3O4S. The summed E-state index contributed by atoms with van der Waals surface area (Å²) in [5, 5.41) is 13.0. The number of sulfonamides is 1. The Hall–Kier alpha value is -3.23. The molecule has 0 saturated carbocycles. The predicted molar refractivity (Wildman–Crippen MR) is 110 cm³/mol. The number of carboxylic acids is 1. The number of nitrogens with zero attached hydrogens (tertiary/aromatic N) is 3. The van der Waals surface area contributed by atoms with Crippen LogP contribution in [0.5, 0.6) is 0 Å². The second-order valence-electron chi connectivity index (χ2n) is 6.53. The monoisotopic (exact) mass is 411 g/mol. The number of hydrogen-bond donors (Lipinski definition) is 1. The molecule has 1 heterocycles. The van der Waals surface area contributed by atoms with Crippen molar-refractivity contribution in [1.82, 2.24) is 14.1 Å². The zero-order chi connectivity index (χ0) is 20.9. The number of benzene rings is 2. The van der Waals surface area contributed by atoms with Crippen LogP contribution in [0.1, 0.15) is 16.7 Å². The molecule has 0 atom stereocenters. The third-order valence-electron chi connectivity index (χ3n) is 4.29. The largest absolute Gasteiger partial charge is 0.478 e. The highest BCUT2D eigenvalue weighted by atomic mass is 32.2. The van der Waals surface area contributed by atoms with Crippen molar-refractivity contribution < 1.29 is 18.3 Å². The van der Waals surface area contributed by atoms with Gasteiger partial charge in [-0.2, -0.15) is 9.40 Å². The van der Waals surface area contributed by atoms with Gasteiger partial charge in [-0.25, -0.2) is 13.2 Å². The van der Waals surface area contributed by atoms with E-state index in [1.807, 2.05) is 36.5 Å². The van der Waals surface area contributed by atoms with Crippen LogP contribution >= 0.6 is 0 Å². The van der Waals surface area contributed by atoms with Crippen molar-refractivity contribution in [2.24, 2.45) is 0 Å². The molecule has 7 nitrogen and oxygen atoms in total. The molecule has 2 aromatic carbocycles. The first kappa shape index (κ1) is 20.5. The summed E-state index contributed by atoms with van der Waals surface area (Å²) in [4.78, 5) is 10.7. The summed E-state index contributed by atoms with van der Waals surface area (Å²) in [6, 6.07) is 16.0. The van der Waals surface area contributed by atoms with Gasteiger partial charge in [0.1, 0.15) is 0 Å². The molecule has 0 saturated heterocycles. The lowest BCUT2D eigenvalue weighted by Gasteiger charge is -2.16. The van der Waals surface area contributed by atoms with Crippen molar-refractivity contribution in [3.63, 3.8) is 0 Å². The molecule has 0 spiro atoms. The molecule has 0 radical (unpaired) electrons. The van der Waals surface area contributed by atoms with Crippen LogP contribution in [0.15, 0.2) is 78.0 Å². The standard InChI is InChI=1S/C21H21N3O4S/c1-23(14-19-13-22-24(16-19)15-18-5-3-2-4-6-18)29(27,28)20-10-7-17(8-11-20)9-12-21(25)26/h2-13,16H,14-15H2,1H3,(H,25,26)/b12-9+. The van der Waals surface area contributed by atoms with Crippen LogP contribution in [0.2, 0.25) is 0 Å². The van der Waals surface area contributed by atoms with Crippen molar-refractivity contribution in [1.29, 1.82) is 0 Å². The van der Waals surface area contributed by atoms with Gasteiger partial charge in [0.25, 0.3) is 0 Å². The van der Waals surface area contributed by atoms with Crippen LogP contribution in [-0.4, -0.2) is 40.6 Å². The van der Waals surface area contributed by atoms with Crippen LogP contribution in [0.3, 0.4) is 0 Å². The molecule has 3 aromatic rings. The van der Waals surface area contributed by atoms with Crippen molar-refractivity contribution >= 4 is 22.1 Å². The highest BCUT2D eigenvalue weighted by molar-refractivity contribution is 7.89. The fraction of sp³-hybridized carbons (Fsp3) is 0.143. The van der Waals surface area contributed by atoms with Crippen LogP contribution in [-0.2, 0) is 27.9 Å². The molecule has 150 valence electrons. The average molecular weight is 411 g/mol. The number of carboxylic acid groups (broad SMARTS) is 1. The van der Waals surface area contributed by atoms with E-state index in [0.717, 1.165) is 17.2 Å². The van der Waals surface area contributed by atoms with Gasteiger partial charge in [0.05, 0.1) is 17.6 Å². The lowest BCUT2D eigenvalue weighted by molar-refractivity contribution is -0.131. The van der Waals surface area contributed by atoms with Gasteiger partial charge in [-0.05, 0) is 29.3 Å². The van der Waals surface area contributed by atoms with E-state index in [1.54, 1.807) is 23.0 Å². The Bertz CT molecular complexity index is 1100. The van der Waals surface area contributed by atoms with Gasteiger partial charge in [0, 0.05) is 31.4 Å². The Morgan fingerprint density at radius 2 is 1.79 bits per heavy atom. The van der Waals surface area contributed by atoms with Gasteiger partial charge >= 0.3 is 5.97 Å². The van der Waals surface area contributed by atoms with Gasteiger partial charge < -0.3 is 5.11 Å². The minimum Gasteiger partial charge on any atom is -0.478 e. The highest BCUT2D eigenvalue weighted by Gasteiger charge is 2.21. The average Bonchev–Trinajstić information content (AvgIpc) is 3.14. The third-order valence-corrected chi connectivity index (χ3v) is 6.10. The zero-order valence-electron chi connectivity index (χ0n) is 15.8. The van der Waals surface area contributed by atoms with Crippen molar-refractivity contribution in [3.8, 4) is 0 Å². The molecule has 1 aromatic heterocycles. The van der Waals surface area contributed by atoms with E-state index in [-0.39, 0.29) is 11.4 Å². The number of hydrogen-bond acceptors (Lipinski definition) is 4. The van der Waals surface area contributed by atoms with Crippen molar-refractivity contribution in [3.05, 3.63) is 89.8 Å². The lowest BCUT2D eigenvalue weighted by atomic mass is 10.2. The van der Waals surface area contributed by atoms with Gasteiger partial charge in [-0.15, -0.1) is 0 Å². The summed E-state index contributed by atoms with van der Waals surface area (Å²) in [6.45, 7) is 0.806. The molecule has 3 rings (SSSR count). The van der Waals surface area contributed by atoms with Gasteiger partial charge in [0.15, 0.2) is 0 Å². The maximum atomic E-state index is 12.8. The van der Waals surface area contributed by atoms with Crippen LogP contribution < -0.4 is 0 Å². The topological polar surface area (TPSA) is 92.5 Å². The molecule has 29 heavy (non-hydrogen) atoms. The second-order valence-corrected chi connectivity index (χ2v) is 8.58. The van der Waals surface area contributed by atoms with E-state index in [4.69, 9.17) is 5.11 Å². The Kier molecular flexibility index (Phi) is 6.26.